The van der Waals surface area contributed by atoms with Gasteiger partial charge < -0.3 is 14.2 Å². The normalized spacial score (nSPS) is 23.7. The van der Waals surface area contributed by atoms with Crippen LogP contribution in [0.25, 0.3) is 0 Å². The van der Waals surface area contributed by atoms with E-state index in [1.54, 1.807) is 12.5 Å². The van der Waals surface area contributed by atoms with Crippen molar-refractivity contribution < 1.29 is 14.2 Å². The molecule has 2 aliphatic rings. The van der Waals surface area contributed by atoms with Crippen molar-refractivity contribution in [2.24, 2.45) is 0 Å². The maximum atomic E-state index is 5.52. The molecule has 0 N–H and O–H groups in total. The molecule has 2 heterocycles. The Kier molecular flexibility index (Phi) is 4.01. The zero-order valence-corrected chi connectivity index (χ0v) is 11.0. The first-order valence-corrected chi connectivity index (χ1v) is 6.73. The zero-order chi connectivity index (χ0) is 12.9. The SMILES string of the molecule is C1=CO[C@@H](c2ccc(CN3CCOCC3)cc2)CO1. The maximum absolute atomic E-state index is 5.52. The molecule has 0 amide bonds. The number of hydrogen-bond acceptors (Lipinski definition) is 4. The lowest BCUT2D eigenvalue weighted by Gasteiger charge is -2.26. The molecule has 4 heteroatoms. The van der Waals surface area contributed by atoms with Crippen LogP contribution in [0, 0.1) is 0 Å². The molecule has 1 atom stereocenters. The Balaban J connectivity index is 1.60. The van der Waals surface area contributed by atoms with Crippen molar-refractivity contribution in [1.29, 1.82) is 0 Å². The molecule has 0 bridgehead atoms. The molecule has 0 saturated carbocycles. The molecule has 0 radical (unpaired) electrons. The predicted octanol–water partition coefficient (Wildman–Crippen LogP) is 2.08. The highest BCUT2D eigenvalue weighted by Gasteiger charge is 2.15. The third-order valence-corrected chi connectivity index (χ3v) is 3.50. The average Bonchev–Trinajstić information content (AvgIpc) is 2.50. The van der Waals surface area contributed by atoms with Gasteiger partial charge in [0.2, 0.25) is 0 Å². The van der Waals surface area contributed by atoms with Gasteiger partial charge >= 0.3 is 0 Å². The van der Waals surface area contributed by atoms with Crippen LogP contribution >= 0.6 is 0 Å². The molecule has 0 aromatic heterocycles. The van der Waals surface area contributed by atoms with Crippen LogP contribution in [0.4, 0.5) is 0 Å². The van der Waals surface area contributed by atoms with Crippen LogP contribution in [-0.2, 0) is 20.8 Å². The van der Waals surface area contributed by atoms with Crippen LogP contribution in [0.3, 0.4) is 0 Å². The molecule has 4 nitrogen and oxygen atoms in total. The first kappa shape index (κ1) is 12.5. The number of benzene rings is 1. The molecule has 2 aliphatic heterocycles. The van der Waals surface area contributed by atoms with Crippen LogP contribution in [0.15, 0.2) is 36.8 Å². The summed E-state index contributed by atoms with van der Waals surface area (Å²) in [6.45, 7) is 5.30. The summed E-state index contributed by atoms with van der Waals surface area (Å²) in [5, 5.41) is 0. The monoisotopic (exact) mass is 261 g/mol. The summed E-state index contributed by atoms with van der Waals surface area (Å²) in [4.78, 5) is 2.42. The van der Waals surface area contributed by atoms with E-state index in [2.05, 4.69) is 29.2 Å². The molecule has 0 unspecified atom stereocenters. The fraction of sp³-hybridized carbons (Fsp3) is 0.467. The third kappa shape index (κ3) is 3.28. The summed E-state index contributed by atoms with van der Waals surface area (Å²) in [7, 11) is 0. The summed E-state index contributed by atoms with van der Waals surface area (Å²) in [6, 6.07) is 8.60. The van der Waals surface area contributed by atoms with Crippen molar-refractivity contribution in [2.75, 3.05) is 32.9 Å². The van der Waals surface area contributed by atoms with Crippen molar-refractivity contribution in [3.8, 4) is 0 Å². The van der Waals surface area contributed by atoms with Crippen LogP contribution in [-0.4, -0.2) is 37.8 Å². The van der Waals surface area contributed by atoms with Crippen LogP contribution in [0.1, 0.15) is 17.2 Å². The Bertz CT molecular complexity index is 424. The van der Waals surface area contributed by atoms with E-state index in [0.29, 0.717) is 6.61 Å². The molecule has 1 saturated heterocycles. The Hall–Kier alpha value is -1.52. The lowest BCUT2D eigenvalue weighted by atomic mass is 10.1. The van der Waals surface area contributed by atoms with Crippen molar-refractivity contribution in [1.82, 2.24) is 4.90 Å². The van der Waals surface area contributed by atoms with Gasteiger partial charge in [0.15, 0.2) is 6.10 Å². The summed E-state index contributed by atoms with van der Waals surface area (Å²) in [5.41, 5.74) is 2.49. The minimum absolute atomic E-state index is 0.0161. The van der Waals surface area contributed by atoms with E-state index in [4.69, 9.17) is 14.2 Å². The number of nitrogens with zero attached hydrogens (tertiary/aromatic N) is 1. The Morgan fingerprint density at radius 1 is 1.05 bits per heavy atom. The molecular formula is C15H19NO3. The molecule has 1 fully saturated rings. The van der Waals surface area contributed by atoms with Gasteiger partial charge in [-0.05, 0) is 11.1 Å². The lowest BCUT2D eigenvalue weighted by Crippen LogP contribution is -2.35. The van der Waals surface area contributed by atoms with Gasteiger partial charge in [0.25, 0.3) is 0 Å². The van der Waals surface area contributed by atoms with Gasteiger partial charge in [0.1, 0.15) is 19.1 Å². The Morgan fingerprint density at radius 2 is 1.84 bits per heavy atom. The third-order valence-electron chi connectivity index (χ3n) is 3.50. The molecule has 1 aromatic carbocycles. The van der Waals surface area contributed by atoms with Crippen molar-refractivity contribution in [3.63, 3.8) is 0 Å². The van der Waals surface area contributed by atoms with Gasteiger partial charge in [0.05, 0.1) is 13.2 Å². The van der Waals surface area contributed by atoms with Crippen LogP contribution in [0.5, 0.6) is 0 Å². The highest BCUT2D eigenvalue weighted by Crippen LogP contribution is 2.22. The van der Waals surface area contributed by atoms with E-state index in [0.717, 1.165) is 38.4 Å². The van der Waals surface area contributed by atoms with E-state index >= 15 is 0 Å². The van der Waals surface area contributed by atoms with Gasteiger partial charge in [-0.15, -0.1) is 0 Å². The molecule has 0 spiro atoms. The topological polar surface area (TPSA) is 30.9 Å². The second-order valence-electron chi connectivity index (χ2n) is 4.86. The highest BCUT2D eigenvalue weighted by molar-refractivity contribution is 5.24. The Morgan fingerprint density at radius 3 is 2.53 bits per heavy atom. The molecule has 3 rings (SSSR count). The second kappa shape index (κ2) is 6.08. The second-order valence-corrected chi connectivity index (χ2v) is 4.86. The molecule has 102 valence electrons. The fourth-order valence-electron chi connectivity index (χ4n) is 2.38. The smallest absolute Gasteiger partial charge is 0.157 e. The number of hydrogen-bond donors (Lipinski definition) is 0. The van der Waals surface area contributed by atoms with E-state index in [1.165, 1.54) is 5.56 Å². The number of morpholine rings is 1. The van der Waals surface area contributed by atoms with E-state index < -0.39 is 0 Å². The Labute approximate surface area is 113 Å². The molecular weight excluding hydrogens is 242 g/mol. The van der Waals surface area contributed by atoms with Crippen molar-refractivity contribution in [3.05, 3.63) is 47.9 Å². The van der Waals surface area contributed by atoms with Gasteiger partial charge in [-0.25, -0.2) is 0 Å². The molecule has 0 aliphatic carbocycles. The largest absolute Gasteiger partial charge is 0.494 e. The van der Waals surface area contributed by atoms with E-state index in [-0.39, 0.29) is 6.10 Å². The lowest BCUT2D eigenvalue weighted by molar-refractivity contribution is 0.0322. The summed E-state index contributed by atoms with van der Waals surface area (Å²) < 4.78 is 16.1. The van der Waals surface area contributed by atoms with Gasteiger partial charge in [-0.3, -0.25) is 4.90 Å². The number of rotatable bonds is 3. The quantitative estimate of drug-likeness (QED) is 0.833. The fourth-order valence-corrected chi connectivity index (χ4v) is 2.38. The van der Waals surface area contributed by atoms with Gasteiger partial charge in [0, 0.05) is 19.6 Å². The minimum atomic E-state index is 0.0161. The molecule has 19 heavy (non-hydrogen) atoms. The average molecular weight is 261 g/mol. The first-order valence-electron chi connectivity index (χ1n) is 6.73. The van der Waals surface area contributed by atoms with Crippen molar-refractivity contribution in [2.45, 2.75) is 12.6 Å². The summed E-state index contributed by atoms with van der Waals surface area (Å²) in [6.07, 6.45) is 3.21. The number of ether oxygens (including phenoxy) is 3. The van der Waals surface area contributed by atoms with Crippen molar-refractivity contribution >= 4 is 0 Å². The van der Waals surface area contributed by atoms with Crippen LogP contribution in [0.2, 0.25) is 0 Å². The predicted molar refractivity (Wildman–Crippen MR) is 71.5 cm³/mol. The van der Waals surface area contributed by atoms with E-state index in [9.17, 15) is 0 Å². The maximum Gasteiger partial charge on any atom is 0.157 e. The summed E-state index contributed by atoms with van der Waals surface area (Å²) in [5.74, 6) is 0. The van der Waals surface area contributed by atoms with E-state index in [1.807, 2.05) is 0 Å². The molecule has 1 aromatic rings. The zero-order valence-electron chi connectivity index (χ0n) is 11.0. The highest BCUT2D eigenvalue weighted by atomic mass is 16.6. The summed E-state index contributed by atoms with van der Waals surface area (Å²) >= 11 is 0. The van der Waals surface area contributed by atoms with Gasteiger partial charge in [-0.2, -0.15) is 0 Å². The van der Waals surface area contributed by atoms with Crippen LogP contribution < -0.4 is 0 Å². The first-order chi connectivity index (χ1) is 9.42. The standard InChI is InChI=1S/C15H19NO3/c1-3-14(15-12-18-9-10-19-15)4-2-13(1)11-16-5-7-17-8-6-16/h1-4,9-10,15H,5-8,11-12H2/t15-/m1/s1. The van der Waals surface area contributed by atoms with Gasteiger partial charge in [-0.1, -0.05) is 24.3 Å². The minimum Gasteiger partial charge on any atom is -0.494 e.